The molecule has 1 nitrogen and oxygen atoms in total. The van der Waals surface area contributed by atoms with Gasteiger partial charge in [0.15, 0.2) is 0 Å². The van der Waals surface area contributed by atoms with E-state index in [1.807, 2.05) is 6.29 Å². The molecule has 0 radical (unpaired) electrons. The van der Waals surface area contributed by atoms with Crippen LogP contribution in [0, 0.1) is 0 Å². The Morgan fingerprint density at radius 2 is 0.944 bits per heavy atom. The Morgan fingerprint density at radius 3 is 1.28 bits per heavy atom. The summed E-state index contributed by atoms with van der Waals surface area (Å²) in [6.45, 7) is 2.27. The monoisotopic (exact) mass is 345 g/mol. The van der Waals surface area contributed by atoms with Crippen LogP contribution in [0.4, 0.5) is 0 Å². The van der Waals surface area contributed by atoms with E-state index in [2.05, 4.69) is 6.92 Å². The standard InChI is InChI=1S/C16H31O.Pd/c1-2-3-4-5-6-7-8-9-10-11-12-13-14-15-16-17;/h2-15H2,1H3;/q-1;. The molecule has 0 spiro atoms. The largest absolute Gasteiger partial charge is 0.542 e. The Morgan fingerprint density at radius 1 is 0.611 bits per heavy atom. The van der Waals surface area contributed by atoms with E-state index in [0.717, 1.165) is 6.42 Å². The summed E-state index contributed by atoms with van der Waals surface area (Å²) in [5.74, 6) is 0. The van der Waals surface area contributed by atoms with Crippen molar-refractivity contribution in [3.63, 3.8) is 0 Å². The van der Waals surface area contributed by atoms with Crippen molar-refractivity contribution in [2.45, 2.75) is 96.8 Å². The van der Waals surface area contributed by atoms with Gasteiger partial charge in [-0.1, -0.05) is 90.4 Å². The van der Waals surface area contributed by atoms with Crippen LogP contribution < -0.4 is 0 Å². The molecule has 0 unspecified atom stereocenters. The fourth-order valence-electron chi connectivity index (χ4n) is 2.21. The Balaban J connectivity index is 0. The van der Waals surface area contributed by atoms with E-state index < -0.39 is 0 Å². The second-order valence-electron chi connectivity index (χ2n) is 5.14. The van der Waals surface area contributed by atoms with Gasteiger partial charge in [0.1, 0.15) is 0 Å². The van der Waals surface area contributed by atoms with Crippen LogP contribution in [0.25, 0.3) is 0 Å². The molecule has 112 valence electrons. The summed E-state index contributed by atoms with van der Waals surface area (Å²) in [7, 11) is 0. The van der Waals surface area contributed by atoms with Crippen molar-refractivity contribution in [3.05, 3.63) is 0 Å². The Hall–Kier alpha value is 0.332. The van der Waals surface area contributed by atoms with Crippen molar-refractivity contribution in [3.8, 4) is 0 Å². The first-order chi connectivity index (χ1) is 8.41. The number of rotatable bonds is 14. The minimum absolute atomic E-state index is 0. The molecule has 0 saturated carbocycles. The van der Waals surface area contributed by atoms with Gasteiger partial charge in [-0.3, -0.25) is 6.29 Å². The first-order valence-corrected chi connectivity index (χ1v) is 7.76. The summed E-state index contributed by atoms with van der Waals surface area (Å²) in [4.78, 5) is 9.98. The van der Waals surface area contributed by atoms with Gasteiger partial charge in [0.2, 0.25) is 0 Å². The van der Waals surface area contributed by atoms with Crippen molar-refractivity contribution in [2.75, 3.05) is 0 Å². The van der Waals surface area contributed by atoms with Crippen LogP contribution >= 0.6 is 0 Å². The van der Waals surface area contributed by atoms with Crippen molar-refractivity contribution in [1.82, 2.24) is 0 Å². The third kappa shape index (κ3) is 18.7. The zero-order valence-electron chi connectivity index (χ0n) is 12.1. The fraction of sp³-hybridized carbons (Fsp3) is 0.938. The molecular formula is C16H31OPd-. The van der Waals surface area contributed by atoms with Crippen LogP contribution in [0.3, 0.4) is 0 Å². The zero-order chi connectivity index (χ0) is 12.6. The maximum absolute atomic E-state index is 9.98. The van der Waals surface area contributed by atoms with Crippen molar-refractivity contribution in [2.24, 2.45) is 0 Å². The van der Waals surface area contributed by atoms with Gasteiger partial charge >= 0.3 is 0 Å². The normalized spacial score (nSPS) is 10.1. The van der Waals surface area contributed by atoms with E-state index in [0.29, 0.717) is 6.42 Å². The summed E-state index contributed by atoms with van der Waals surface area (Å²) in [5, 5.41) is 0. The molecule has 0 aliphatic carbocycles. The number of unbranched alkanes of at least 4 members (excludes halogenated alkanes) is 13. The SMILES string of the molecule is CCCCCCCCCCCCCCC[C-]=O.[Pd]. The van der Waals surface area contributed by atoms with E-state index >= 15 is 0 Å². The quantitative estimate of drug-likeness (QED) is 0.228. The summed E-state index contributed by atoms with van der Waals surface area (Å²) < 4.78 is 0. The molecule has 0 atom stereocenters. The zero-order valence-corrected chi connectivity index (χ0v) is 13.7. The molecule has 0 rings (SSSR count). The number of carbonyl (C=O) groups excluding carboxylic acids is 1. The molecule has 0 aromatic rings. The predicted octanol–water partition coefficient (Wildman–Crippen LogP) is 5.57. The molecule has 0 amide bonds. The van der Waals surface area contributed by atoms with Gasteiger partial charge in [-0.2, -0.15) is 6.42 Å². The van der Waals surface area contributed by atoms with Gasteiger partial charge in [-0.25, -0.2) is 0 Å². The third-order valence-corrected chi connectivity index (χ3v) is 3.38. The average Bonchev–Trinajstić information content (AvgIpc) is 2.35. The molecule has 0 bridgehead atoms. The Kier molecular flexibility index (Phi) is 22.6. The third-order valence-electron chi connectivity index (χ3n) is 3.38. The van der Waals surface area contributed by atoms with Gasteiger partial charge in [0.05, 0.1) is 0 Å². The van der Waals surface area contributed by atoms with Gasteiger partial charge in [0, 0.05) is 20.4 Å². The smallest absolute Gasteiger partial charge is 0 e. The molecule has 0 fully saturated rings. The molecule has 0 aliphatic heterocycles. The predicted molar refractivity (Wildman–Crippen MR) is 76.0 cm³/mol. The first-order valence-electron chi connectivity index (χ1n) is 7.76. The van der Waals surface area contributed by atoms with Gasteiger partial charge in [0.25, 0.3) is 0 Å². The maximum Gasteiger partial charge on any atom is 0 e. The average molecular weight is 346 g/mol. The van der Waals surface area contributed by atoms with Crippen molar-refractivity contribution < 1.29 is 25.2 Å². The maximum atomic E-state index is 9.98. The second kappa shape index (κ2) is 19.7. The summed E-state index contributed by atoms with van der Waals surface area (Å²) >= 11 is 0. The van der Waals surface area contributed by atoms with E-state index in [1.54, 1.807) is 0 Å². The Bertz CT molecular complexity index is 148. The van der Waals surface area contributed by atoms with Crippen molar-refractivity contribution >= 4 is 6.29 Å². The second-order valence-corrected chi connectivity index (χ2v) is 5.14. The van der Waals surface area contributed by atoms with Crippen LogP contribution in [0.15, 0.2) is 0 Å². The summed E-state index contributed by atoms with van der Waals surface area (Å²) in [6.07, 6.45) is 20.2. The van der Waals surface area contributed by atoms with E-state index in [9.17, 15) is 4.79 Å². The summed E-state index contributed by atoms with van der Waals surface area (Å²) in [5.41, 5.74) is 0. The molecule has 2 heteroatoms. The molecule has 0 aromatic heterocycles. The van der Waals surface area contributed by atoms with Crippen LogP contribution in [0.1, 0.15) is 96.8 Å². The molecule has 0 saturated heterocycles. The van der Waals surface area contributed by atoms with E-state index in [-0.39, 0.29) is 20.4 Å². The minimum Gasteiger partial charge on any atom is -0.542 e. The topological polar surface area (TPSA) is 17.1 Å². The molecule has 0 heterocycles. The van der Waals surface area contributed by atoms with Crippen LogP contribution in [-0.2, 0) is 25.2 Å². The summed E-state index contributed by atoms with van der Waals surface area (Å²) in [6, 6.07) is 0. The van der Waals surface area contributed by atoms with Crippen LogP contribution in [0.5, 0.6) is 0 Å². The van der Waals surface area contributed by atoms with E-state index in [1.165, 1.54) is 77.0 Å². The fourth-order valence-corrected chi connectivity index (χ4v) is 2.21. The molecular weight excluding hydrogens is 315 g/mol. The minimum atomic E-state index is 0. The molecule has 0 aromatic carbocycles. The number of hydrogen-bond donors (Lipinski definition) is 0. The first kappa shape index (κ1) is 20.6. The van der Waals surface area contributed by atoms with Crippen LogP contribution in [0.2, 0.25) is 0 Å². The molecule has 18 heavy (non-hydrogen) atoms. The van der Waals surface area contributed by atoms with Gasteiger partial charge in [-0.05, 0) is 0 Å². The van der Waals surface area contributed by atoms with Crippen molar-refractivity contribution in [1.29, 1.82) is 0 Å². The number of hydrogen-bond acceptors (Lipinski definition) is 1. The van der Waals surface area contributed by atoms with Crippen LogP contribution in [-0.4, -0.2) is 6.29 Å². The van der Waals surface area contributed by atoms with Gasteiger partial charge < -0.3 is 4.79 Å². The molecule has 0 aliphatic rings. The van der Waals surface area contributed by atoms with E-state index in [4.69, 9.17) is 0 Å². The van der Waals surface area contributed by atoms with Gasteiger partial charge in [-0.15, -0.1) is 0 Å². The molecule has 0 N–H and O–H groups in total. The Labute approximate surface area is 128 Å².